The van der Waals surface area contributed by atoms with Crippen molar-refractivity contribution < 1.29 is 19.1 Å². The minimum Gasteiger partial charge on any atom is -0.493 e. The van der Waals surface area contributed by atoms with Gasteiger partial charge in [0.1, 0.15) is 11.4 Å². The molecule has 0 bridgehead atoms. The van der Waals surface area contributed by atoms with Crippen molar-refractivity contribution in [1.29, 1.82) is 0 Å². The second kappa shape index (κ2) is 14.3. The van der Waals surface area contributed by atoms with Gasteiger partial charge in [0.2, 0.25) is 0 Å². The van der Waals surface area contributed by atoms with Crippen LogP contribution in [-0.4, -0.2) is 30.0 Å². The van der Waals surface area contributed by atoms with E-state index in [1.54, 1.807) is 54.6 Å². The molecule has 0 radical (unpaired) electrons. The van der Waals surface area contributed by atoms with E-state index >= 15 is 0 Å². The Morgan fingerprint density at radius 2 is 1.50 bits per heavy atom. The topological polar surface area (TPSA) is 84.5 Å². The number of ether oxygens (including phenoxy) is 1. The highest BCUT2D eigenvalue weighted by molar-refractivity contribution is 9.10. The molecule has 0 unspecified atom stereocenters. The minimum atomic E-state index is -0.485. The molecule has 4 aromatic rings. The van der Waals surface area contributed by atoms with Gasteiger partial charge in [0.05, 0.1) is 12.4 Å². The number of carbonyl (C=O) groups excluding carboxylic acids is 3. The van der Waals surface area contributed by atoms with Gasteiger partial charge in [0.25, 0.3) is 11.8 Å². The van der Waals surface area contributed by atoms with Crippen LogP contribution in [-0.2, 0) is 4.79 Å². The Morgan fingerprint density at radius 3 is 2.20 bits per heavy atom. The fourth-order valence-corrected chi connectivity index (χ4v) is 4.74. The van der Waals surface area contributed by atoms with Gasteiger partial charge in [-0.15, -0.1) is 11.8 Å². The number of nitrogens with one attached hydrogen (secondary N) is 2. The third-order valence-corrected chi connectivity index (χ3v) is 7.24. The van der Waals surface area contributed by atoms with Gasteiger partial charge in [-0.2, -0.15) is 0 Å². The van der Waals surface area contributed by atoms with Crippen LogP contribution in [0.3, 0.4) is 0 Å². The number of anilines is 1. The van der Waals surface area contributed by atoms with Gasteiger partial charge < -0.3 is 15.4 Å². The normalized spacial score (nSPS) is 11.0. The quantitative estimate of drug-likeness (QED) is 0.106. The van der Waals surface area contributed by atoms with Crippen molar-refractivity contribution in [1.82, 2.24) is 5.32 Å². The third kappa shape index (κ3) is 8.18. The molecule has 8 heteroatoms. The molecule has 6 nitrogen and oxygen atoms in total. The summed E-state index contributed by atoms with van der Waals surface area (Å²) in [7, 11) is 0. The van der Waals surface area contributed by atoms with Gasteiger partial charge in [0.15, 0.2) is 5.78 Å². The Bertz CT molecular complexity index is 1500. The van der Waals surface area contributed by atoms with Gasteiger partial charge in [-0.3, -0.25) is 14.4 Å². The minimum absolute atomic E-state index is 0.0335. The summed E-state index contributed by atoms with van der Waals surface area (Å²) in [5, 5.41) is 5.59. The van der Waals surface area contributed by atoms with E-state index in [2.05, 4.69) is 26.6 Å². The number of hydrogen-bond acceptors (Lipinski definition) is 5. The van der Waals surface area contributed by atoms with E-state index in [1.807, 2.05) is 61.5 Å². The number of benzene rings is 4. The van der Waals surface area contributed by atoms with Crippen LogP contribution in [0.1, 0.15) is 33.2 Å². The van der Waals surface area contributed by atoms with Crippen LogP contribution >= 0.6 is 27.7 Å². The first-order valence-electron chi connectivity index (χ1n) is 12.6. The molecule has 40 heavy (non-hydrogen) atoms. The highest BCUT2D eigenvalue weighted by atomic mass is 79.9. The van der Waals surface area contributed by atoms with Crippen LogP contribution in [0, 0.1) is 0 Å². The molecular weight excluding hydrogens is 588 g/mol. The average Bonchev–Trinajstić information content (AvgIpc) is 2.98. The van der Waals surface area contributed by atoms with Crippen LogP contribution in [0.15, 0.2) is 118 Å². The lowest BCUT2D eigenvalue weighted by Crippen LogP contribution is -2.30. The zero-order chi connectivity index (χ0) is 28.3. The van der Waals surface area contributed by atoms with Crippen molar-refractivity contribution in [2.24, 2.45) is 0 Å². The van der Waals surface area contributed by atoms with E-state index in [0.717, 1.165) is 9.37 Å². The third-order valence-electron chi connectivity index (χ3n) is 5.70. The van der Waals surface area contributed by atoms with Crippen molar-refractivity contribution in [3.8, 4) is 5.75 Å². The number of hydrogen-bond donors (Lipinski definition) is 2. The molecular formula is C32H27BrN2O4S. The smallest absolute Gasteiger partial charge is 0.272 e. The van der Waals surface area contributed by atoms with Crippen molar-refractivity contribution >= 4 is 57.1 Å². The molecule has 4 rings (SSSR count). The molecule has 0 fully saturated rings. The van der Waals surface area contributed by atoms with Crippen molar-refractivity contribution in [3.63, 3.8) is 0 Å². The highest BCUT2D eigenvalue weighted by Crippen LogP contribution is 2.24. The standard InChI is InChI=1S/C32H27BrN2O4S/c1-2-39-30-11-7-6-10-24(30)20-28(35-31(37)23-8-4-3-5-9-23)32(38)34-26-16-18-27(19-17-26)40-21-29(36)22-12-14-25(33)15-13-22/h3-20H,2,21H2,1H3,(H,34,38)(H,35,37)/b28-20-. The van der Waals surface area contributed by atoms with E-state index in [0.29, 0.717) is 40.5 Å². The zero-order valence-electron chi connectivity index (χ0n) is 21.7. The molecule has 0 saturated carbocycles. The van der Waals surface area contributed by atoms with Crippen molar-refractivity contribution in [2.75, 3.05) is 17.7 Å². The number of halogens is 1. The van der Waals surface area contributed by atoms with Crippen LogP contribution in [0.2, 0.25) is 0 Å². The second-order valence-electron chi connectivity index (χ2n) is 8.55. The Kier molecular flexibility index (Phi) is 10.3. The molecule has 0 aromatic heterocycles. The fourth-order valence-electron chi connectivity index (χ4n) is 3.69. The van der Waals surface area contributed by atoms with Gasteiger partial charge in [-0.25, -0.2) is 0 Å². The molecule has 2 N–H and O–H groups in total. The number of ketones is 1. The summed E-state index contributed by atoms with van der Waals surface area (Å²) in [6, 6.07) is 30.5. The predicted molar refractivity (Wildman–Crippen MR) is 164 cm³/mol. The molecule has 0 heterocycles. The van der Waals surface area contributed by atoms with E-state index < -0.39 is 11.8 Å². The molecule has 0 atom stereocenters. The van der Waals surface area contributed by atoms with Gasteiger partial charge in [-0.1, -0.05) is 64.5 Å². The number of Topliss-reactive ketones (excluding diaryl/α,β-unsaturated/α-hetero) is 1. The van der Waals surface area contributed by atoms with E-state index in [9.17, 15) is 14.4 Å². The SMILES string of the molecule is CCOc1ccccc1/C=C(\NC(=O)c1ccccc1)C(=O)Nc1ccc(SCC(=O)c2ccc(Br)cc2)cc1. The van der Waals surface area contributed by atoms with Gasteiger partial charge >= 0.3 is 0 Å². The summed E-state index contributed by atoms with van der Waals surface area (Å²) in [4.78, 5) is 39.6. The van der Waals surface area contributed by atoms with Gasteiger partial charge in [-0.05, 0) is 67.6 Å². The second-order valence-corrected chi connectivity index (χ2v) is 10.5. The maximum absolute atomic E-state index is 13.3. The first-order chi connectivity index (χ1) is 19.4. The summed E-state index contributed by atoms with van der Waals surface area (Å²) in [6.45, 7) is 2.34. The van der Waals surface area contributed by atoms with Crippen LogP contribution in [0.25, 0.3) is 6.08 Å². The number of para-hydroxylation sites is 1. The van der Waals surface area contributed by atoms with Crippen molar-refractivity contribution in [3.05, 3.63) is 130 Å². The highest BCUT2D eigenvalue weighted by Gasteiger charge is 2.16. The number of carbonyl (C=O) groups is 3. The van der Waals surface area contributed by atoms with E-state index in [4.69, 9.17) is 4.74 Å². The van der Waals surface area contributed by atoms with Crippen LogP contribution < -0.4 is 15.4 Å². The van der Waals surface area contributed by atoms with E-state index in [1.165, 1.54) is 11.8 Å². The Labute approximate surface area is 246 Å². The molecule has 0 aliphatic heterocycles. The molecule has 2 amide bonds. The molecule has 0 saturated heterocycles. The lowest BCUT2D eigenvalue weighted by Gasteiger charge is -2.13. The number of thioether (sulfide) groups is 1. The number of rotatable bonds is 11. The molecule has 4 aromatic carbocycles. The lowest BCUT2D eigenvalue weighted by molar-refractivity contribution is -0.113. The molecule has 202 valence electrons. The summed E-state index contributed by atoms with van der Waals surface area (Å²) < 4.78 is 6.62. The van der Waals surface area contributed by atoms with Crippen LogP contribution in [0.5, 0.6) is 5.75 Å². The monoisotopic (exact) mass is 614 g/mol. The molecule has 0 spiro atoms. The first kappa shape index (κ1) is 28.9. The lowest BCUT2D eigenvalue weighted by atomic mass is 10.1. The first-order valence-corrected chi connectivity index (χ1v) is 14.3. The molecule has 0 aliphatic carbocycles. The Hall–Kier alpha value is -4.14. The Morgan fingerprint density at radius 1 is 0.825 bits per heavy atom. The predicted octanol–water partition coefficient (Wildman–Crippen LogP) is 7.23. The summed E-state index contributed by atoms with van der Waals surface area (Å²) >= 11 is 4.79. The fraction of sp³-hybridized carbons (Fsp3) is 0.0938. The zero-order valence-corrected chi connectivity index (χ0v) is 24.1. The average molecular weight is 616 g/mol. The van der Waals surface area contributed by atoms with E-state index in [-0.39, 0.29) is 11.5 Å². The number of amides is 2. The Balaban J connectivity index is 1.47. The summed E-state index contributed by atoms with van der Waals surface area (Å²) in [5.74, 6) is 0.0410. The largest absolute Gasteiger partial charge is 0.493 e. The summed E-state index contributed by atoms with van der Waals surface area (Å²) in [6.07, 6.45) is 1.60. The van der Waals surface area contributed by atoms with Crippen LogP contribution in [0.4, 0.5) is 5.69 Å². The molecule has 0 aliphatic rings. The summed E-state index contributed by atoms with van der Waals surface area (Å²) in [5.41, 5.74) is 2.36. The maximum Gasteiger partial charge on any atom is 0.272 e. The van der Waals surface area contributed by atoms with Crippen molar-refractivity contribution in [2.45, 2.75) is 11.8 Å². The van der Waals surface area contributed by atoms with Gasteiger partial charge in [0, 0.05) is 31.7 Å². The maximum atomic E-state index is 13.3.